The fourth-order valence-corrected chi connectivity index (χ4v) is 7.96. The van der Waals surface area contributed by atoms with E-state index in [1.165, 1.54) is 6.07 Å². The van der Waals surface area contributed by atoms with Gasteiger partial charge in [-0.3, -0.25) is 14.8 Å². The van der Waals surface area contributed by atoms with Gasteiger partial charge in [0, 0.05) is 21.6 Å². The molecular weight excluding hydrogens is 567 g/mol. The van der Waals surface area contributed by atoms with Crippen molar-refractivity contribution in [3.8, 4) is 11.5 Å². The third-order valence-electron chi connectivity index (χ3n) is 5.99. The Balaban J connectivity index is 2.15. The minimum atomic E-state index is -3.10. The Kier molecular flexibility index (Phi) is 8.28. The minimum absolute atomic E-state index is 0.131. The van der Waals surface area contributed by atoms with Crippen LogP contribution in [0.1, 0.15) is 41.0 Å². The summed E-state index contributed by atoms with van der Waals surface area (Å²) in [6, 6.07) is 20.3. The second kappa shape index (κ2) is 11.3. The van der Waals surface area contributed by atoms with Gasteiger partial charge in [-0.1, -0.05) is 67.9 Å². The van der Waals surface area contributed by atoms with Crippen molar-refractivity contribution >= 4 is 50.9 Å². The normalized spacial score (nSPS) is 13.2. The SMILES string of the molecule is CCCn1nc2ccccc2c1[P@@](=Nc1ccc(OCC)cc1[N+](=O)[O-])(Oc1cccc(Br)c1)C(C)(C)C. The second-order valence-corrected chi connectivity index (χ2v) is 14.0. The summed E-state index contributed by atoms with van der Waals surface area (Å²) in [4.78, 5) is 11.8. The van der Waals surface area contributed by atoms with E-state index in [1.54, 1.807) is 12.1 Å². The molecule has 0 spiro atoms. The minimum Gasteiger partial charge on any atom is -0.494 e. The summed E-state index contributed by atoms with van der Waals surface area (Å²) in [6.45, 7) is 11.2. The van der Waals surface area contributed by atoms with E-state index in [4.69, 9.17) is 19.1 Å². The molecule has 0 N–H and O–H groups in total. The Bertz CT molecular complexity index is 1530. The van der Waals surface area contributed by atoms with Gasteiger partial charge >= 0.3 is 0 Å². The van der Waals surface area contributed by atoms with Gasteiger partial charge in [0.2, 0.25) is 0 Å². The van der Waals surface area contributed by atoms with Crippen LogP contribution >= 0.6 is 23.2 Å². The number of hydrogen-bond donors (Lipinski definition) is 0. The van der Waals surface area contributed by atoms with Gasteiger partial charge in [0.25, 0.3) is 5.69 Å². The van der Waals surface area contributed by atoms with Crippen molar-refractivity contribution in [2.45, 2.75) is 52.7 Å². The van der Waals surface area contributed by atoms with Crippen molar-refractivity contribution in [3.05, 3.63) is 81.3 Å². The quantitative estimate of drug-likeness (QED) is 0.109. The molecule has 3 aromatic carbocycles. The molecule has 0 saturated heterocycles. The molecule has 0 aliphatic rings. The molecule has 0 bridgehead atoms. The highest BCUT2D eigenvalue weighted by molar-refractivity contribution is 9.10. The van der Waals surface area contributed by atoms with Gasteiger partial charge in [0.05, 0.1) is 23.1 Å². The highest BCUT2D eigenvalue weighted by Gasteiger charge is 2.43. The zero-order valence-electron chi connectivity index (χ0n) is 22.2. The predicted molar refractivity (Wildman–Crippen MR) is 157 cm³/mol. The standard InChI is InChI=1S/C28H32BrN4O4P/c1-6-17-32-27(23-13-8-9-14-24(23)30-32)38(28(3,4)5,37-22-12-10-11-20(29)18-22)31-25-16-15-21(36-7-2)19-26(25)33(34)35/h8-16,18-19H,6-7,17H2,1-5H3/t38-/m1/s1. The number of aromatic nitrogens is 2. The molecule has 1 aromatic heterocycles. The molecule has 4 rings (SSSR count). The average molecular weight is 599 g/mol. The van der Waals surface area contributed by atoms with Gasteiger partial charge in [0.1, 0.15) is 22.6 Å². The fraction of sp³-hybridized carbons (Fsp3) is 0.321. The number of aryl methyl sites for hydroxylation is 1. The first-order chi connectivity index (χ1) is 18.1. The van der Waals surface area contributed by atoms with Crippen LogP contribution in [0.5, 0.6) is 11.5 Å². The van der Waals surface area contributed by atoms with E-state index in [9.17, 15) is 10.1 Å². The van der Waals surface area contributed by atoms with Gasteiger partial charge in [-0.05, 0) is 49.7 Å². The van der Waals surface area contributed by atoms with Crippen molar-refractivity contribution in [1.82, 2.24) is 9.78 Å². The molecule has 1 atom stereocenters. The first-order valence-corrected chi connectivity index (χ1v) is 15.0. The van der Waals surface area contributed by atoms with Crippen molar-refractivity contribution < 1.29 is 14.2 Å². The summed E-state index contributed by atoms with van der Waals surface area (Å²) >= 11 is 3.55. The van der Waals surface area contributed by atoms with Crippen LogP contribution in [0.2, 0.25) is 0 Å². The van der Waals surface area contributed by atoms with E-state index in [2.05, 4.69) is 43.6 Å². The molecule has 0 aliphatic carbocycles. The lowest BCUT2D eigenvalue weighted by Gasteiger charge is -2.37. The van der Waals surface area contributed by atoms with Gasteiger partial charge in [-0.2, -0.15) is 5.10 Å². The predicted octanol–water partition coefficient (Wildman–Crippen LogP) is 8.47. The summed E-state index contributed by atoms with van der Waals surface area (Å²) in [5.41, 5.74) is 1.79. The van der Waals surface area contributed by atoms with Gasteiger partial charge in [-0.15, -0.1) is 0 Å². The highest BCUT2D eigenvalue weighted by atomic mass is 79.9. The number of benzene rings is 3. The number of fused-ring (bicyclic) bond motifs is 1. The first-order valence-electron chi connectivity index (χ1n) is 12.5. The van der Waals surface area contributed by atoms with Crippen LogP contribution in [-0.2, 0) is 6.54 Å². The smallest absolute Gasteiger partial charge is 0.298 e. The molecule has 0 amide bonds. The molecule has 1 heterocycles. The lowest BCUT2D eigenvalue weighted by molar-refractivity contribution is -0.384. The molecule has 0 fully saturated rings. The molecule has 0 unspecified atom stereocenters. The monoisotopic (exact) mass is 598 g/mol. The maximum Gasteiger partial charge on any atom is 0.298 e. The van der Waals surface area contributed by atoms with Crippen LogP contribution in [0.15, 0.2) is 75.9 Å². The van der Waals surface area contributed by atoms with E-state index in [0.717, 1.165) is 27.2 Å². The van der Waals surface area contributed by atoms with Crippen LogP contribution < -0.4 is 14.7 Å². The lowest BCUT2D eigenvalue weighted by atomic mass is 10.2. The second-order valence-electron chi connectivity index (χ2n) is 9.80. The molecule has 0 radical (unpaired) electrons. The maximum atomic E-state index is 12.2. The zero-order chi connectivity index (χ0) is 27.5. The maximum absolute atomic E-state index is 12.2. The largest absolute Gasteiger partial charge is 0.494 e. The van der Waals surface area contributed by atoms with Crippen LogP contribution in [0, 0.1) is 10.1 Å². The topological polar surface area (TPSA) is 91.8 Å². The Morgan fingerprint density at radius 3 is 2.47 bits per heavy atom. The Morgan fingerprint density at radius 1 is 1.05 bits per heavy atom. The number of rotatable bonds is 9. The van der Waals surface area contributed by atoms with Crippen LogP contribution in [-0.4, -0.2) is 26.5 Å². The number of nitrogens with zero attached hydrogens (tertiary/aromatic N) is 4. The van der Waals surface area contributed by atoms with E-state index in [0.29, 0.717) is 24.7 Å². The van der Waals surface area contributed by atoms with Gasteiger partial charge in [-0.25, -0.2) is 4.74 Å². The first kappa shape index (κ1) is 27.9. The van der Waals surface area contributed by atoms with E-state index < -0.39 is 17.4 Å². The van der Waals surface area contributed by atoms with E-state index in [-0.39, 0.29) is 11.4 Å². The van der Waals surface area contributed by atoms with Crippen LogP contribution in [0.3, 0.4) is 0 Å². The number of nitro groups is 1. The Hall–Kier alpha value is -3.16. The highest BCUT2D eigenvalue weighted by Crippen LogP contribution is 2.63. The average Bonchev–Trinajstić information content (AvgIpc) is 3.22. The summed E-state index contributed by atoms with van der Waals surface area (Å²) in [5, 5.41) is 17.5. The molecule has 4 aromatic rings. The van der Waals surface area contributed by atoms with Gasteiger partial charge < -0.3 is 9.26 Å². The van der Waals surface area contributed by atoms with E-state index >= 15 is 0 Å². The number of nitro benzene ring substituents is 1. The van der Waals surface area contributed by atoms with Crippen molar-refractivity contribution in [1.29, 1.82) is 0 Å². The van der Waals surface area contributed by atoms with Crippen LogP contribution in [0.25, 0.3) is 10.9 Å². The molecule has 8 nitrogen and oxygen atoms in total. The summed E-state index contributed by atoms with van der Waals surface area (Å²) in [5.74, 6) is 1.04. The molecule has 10 heteroatoms. The zero-order valence-corrected chi connectivity index (χ0v) is 24.7. The molecule has 0 saturated carbocycles. The van der Waals surface area contributed by atoms with Crippen molar-refractivity contribution in [2.75, 3.05) is 6.61 Å². The molecule has 38 heavy (non-hydrogen) atoms. The third-order valence-corrected chi connectivity index (χ3v) is 10.3. The lowest BCUT2D eigenvalue weighted by Crippen LogP contribution is -2.32. The third kappa shape index (κ3) is 5.49. The number of halogens is 1. The van der Waals surface area contributed by atoms with Crippen LogP contribution in [0.4, 0.5) is 11.4 Å². The summed E-state index contributed by atoms with van der Waals surface area (Å²) in [6.07, 6.45) is 0.852. The molecule has 200 valence electrons. The number of hydrogen-bond acceptors (Lipinski definition) is 6. The fourth-order valence-electron chi connectivity index (χ4n) is 4.29. The Labute approximate surface area is 231 Å². The molecular formula is C28H32BrN4O4P. The summed E-state index contributed by atoms with van der Waals surface area (Å²) < 4.78 is 20.7. The molecule has 0 aliphatic heterocycles. The number of ether oxygens (including phenoxy) is 1. The van der Waals surface area contributed by atoms with Crippen molar-refractivity contribution in [2.24, 2.45) is 4.74 Å². The van der Waals surface area contributed by atoms with Gasteiger partial charge in [0.15, 0.2) is 7.28 Å². The Morgan fingerprint density at radius 2 is 1.82 bits per heavy atom. The van der Waals surface area contributed by atoms with E-state index in [1.807, 2.05) is 60.1 Å². The summed E-state index contributed by atoms with van der Waals surface area (Å²) in [7, 11) is -3.10. The van der Waals surface area contributed by atoms with Crippen molar-refractivity contribution in [3.63, 3.8) is 0 Å².